The molecule has 25 heavy (non-hydrogen) atoms. The molecule has 4 rings (SSSR count). The van der Waals surface area contributed by atoms with Gasteiger partial charge in [0.05, 0.1) is 12.5 Å². The SMILES string of the molecule is COc1ccccc1C1(C(=O)Nc2ccc3c(c2)CCC(=O)N3)CC1. The Kier molecular flexibility index (Phi) is 3.71. The number of ether oxygens (including phenoxy) is 1. The largest absolute Gasteiger partial charge is 0.496 e. The normalized spacial score (nSPS) is 17.2. The molecule has 5 heteroatoms. The van der Waals surface area contributed by atoms with Crippen LogP contribution < -0.4 is 15.4 Å². The summed E-state index contributed by atoms with van der Waals surface area (Å²) in [6.07, 6.45) is 2.82. The van der Waals surface area contributed by atoms with Crippen molar-refractivity contribution in [3.05, 3.63) is 53.6 Å². The number of hydrogen-bond acceptors (Lipinski definition) is 3. The van der Waals surface area contributed by atoms with Crippen LogP contribution in [-0.2, 0) is 21.4 Å². The molecule has 2 amide bonds. The second kappa shape index (κ2) is 5.92. The Morgan fingerprint density at radius 1 is 1.16 bits per heavy atom. The van der Waals surface area contributed by atoms with Crippen LogP contribution in [0, 0.1) is 0 Å². The quantitative estimate of drug-likeness (QED) is 0.900. The highest BCUT2D eigenvalue weighted by Crippen LogP contribution is 2.52. The summed E-state index contributed by atoms with van der Waals surface area (Å²) in [5.74, 6) is 0.789. The van der Waals surface area contributed by atoms with Crippen molar-refractivity contribution >= 4 is 23.2 Å². The van der Waals surface area contributed by atoms with Gasteiger partial charge in [0.15, 0.2) is 0 Å². The van der Waals surface area contributed by atoms with Crippen LogP contribution in [0.25, 0.3) is 0 Å². The predicted octanol–water partition coefficient (Wildman–Crippen LogP) is 3.25. The molecule has 1 aliphatic carbocycles. The van der Waals surface area contributed by atoms with Gasteiger partial charge in [0.2, 0.25) is 11.8 Å². The van der Waals surface area contributed by atoms with Crippen LogP contribution in [0.5, 0.6) is 5.75 Å². The topological polar surface area (TPSA) is 67.4 Å². The lowest BCUT2D eigenvalue weighted by atomic mass is 9.93. The fourth-order valence-electron chi connectivity index (χ4n) is 3.50. The highest BCUT2D eigenvalue weighted by atomic mass is 16.5. The zero-order valence-corrected chi connectivity index (χ0v) is 14.1. The average molecular weight is 336 g/mol. The molecule has 2 aromatic carbocycles. The van der Waals surface area contributed by atoms with E-state index < -0.39 is 5.41 Å². The van der Waals surface area contributed by atoms with E-state index in [1.54, 1.807) is 7.11 Å². The number of methoxy groups -OCH3 is 1. The number of hydrogen-bond donors (Lipinski definition) is 2. The molecule has 0 aromatic heterocycles. The van der Waals surface area contributed by atoms with Crippen molar-refractivity contribution in [3.8, 4) is 5.75 Å². The van der Waals surface area contributed by atoms with E-state index in [4.69, 9.17) is 4.74 Å². The van der Waals surface area contributed by atoms with E-state index in [-0.39, 0.29) is 11.8 Å². The molecule has 0 spiro atoms. The summed E-state index contributed by atoms with van der Waals surface area (Å²) >= 11 is 0. The maximum Gasteiger partial charge on any atom is 0.235 e. The monoisotopic (exact) mass is 336 g/mol. The molecule has 5 nitrogen and oxygen atoms in total. The molecule has 0 atom stereocenters. The second-order valence-electron chi connectivity index (χ2n) is 6.66. The van der Waals surface area contributed by atoms with Crippen LogP contribution in [0.2, 0.25) is 0 Å². The number of fused-ring (bicyclic) bond motifs is 1. The Morgan fingerprint density at radius 2 is 1.96 bits per heavy atom. The van der Waals surface area contributed by atoms with Gasteiger partial charge >= 0.3 is 0 Å². The zero-order chi connectivity index (χ0) is 17.4. The van der Waals surface area contributed by atoms with Crippen molar-refractivity contribution in [1.82, 2.24) is 0 Å². The molecule has 1 heterocycles. The van der Waals surface area contributed by atoms with E-state index in [0.717, 1.165) is 41.1 Å². The number of aryl methyl sites for hydroxylation is 1. The number of amides is 2. The first kappa shape index (κ1) is 15.7. The summed E-state index contributed by atoms with van der Waals surface area (Å²) in [6, 6.07) is 13.3. The third kappa shape index (κ3) is 2.76. The molecular weight excluding hydrogens is 316 g/mol. The van der Waals surface area contributed by atoms with Crippen molar-refractivity contribution in [2.75, 3.05) is 17.7 Å². The Balaban J connectivity index is 1.57. The fourth-order valence-corrected chi connectivity index (χ4v) is 3.50. The van der Waals surface area contributed by atoms with Crippen molar-refractivity contribution in [2.45, 2.75) is 31.1 Å². The summed E-state index contributed by atoms with van der Waals surface area (Å²) < 4.78 is 5.44. The van der Waals surface area contributed by atoms with E-state index >= 15 is 0 Å². The number of carbonyl (C=O) groups excluding carboxylic acids is 2. The van der Waals surface area contributed by atoms with Gasteiger partial charge in [-0.15, -0.1) is 0 Å². The first-order valence-electron chi connectivity index (χ1n) is 8.50. The maximum atomic E-state index is 12.9. The summed E-state index contributed by atoms with van der Waals surface area (Å²) in [7, 11) is 1.63. The van der Waals surface area contributed by atoms with E-state index in [2.05, 4.69) is 10.6 Å². The van der Waals surface area contributed by atoms with Gasteiger partial charge in [-0.2, -0.15) is 0 Å². The Morgan fingerprint density at radius 3 is 2.72 bits per heavy atom. The molecule has 0 radical (unpaired) electrons. The molecule has 1 saturated carbocycles. The minimum absolute atomic E-state index is 0.00297. The van der Waals surface area contributed by atoms with Gasteiger partial charge in [-0.25, -0.2) is 0 Å². The lowest BCUT2D eigenvalue weighted by Gasteiger charge is -2.20. The smallest absolute Gasteiger partial charge is 0.235 e. The number of benzene rings is 2. The maximum absolute atomic E-state index is 12.9. The molecule has 0 saturated heterocycles. The number of rotatable bonds is 4. The summed E-state index contributed by atoms with van der Waals surface area (Å²) in [5.41, 5.74) is 3.09. The Labute approximate surface area is 146 Å². The van der Waals surface area contributed by atoms with E-state index in [1.807, 2.05) is 42.5 Å². The highest BCUT2D eigenvalue weighted by molar-refractivity contribution is 6.02. The van der Waals surface area contributed by atoms with Gasteiger partial charge in [0.25, 0.3) is 0 Å². The van der Waals surface area contributed by atoms with Gasteiger partial charge in [-0.1, -0.05) is 18.2 Å². The summed E-state index contributed by atoms with van der Waals surface area (Å²) in [5, 5.41) is 5.90. The molecule has 2 aromatic rings. The molecule has 2 aliphatic rings. The van der Waals surface area contributed by atoms with E-state index in [9.17, 15) is 9.59 Å². The number of para-hydroxylation sites is 1. The first-order chi connectivity index (χ1) is 12.1. The third-order valence-corrected chi connectivity index (χ3v) is 5.07. The standard InChI is InChI=1S/C20H20N2O3/c1-25-17-5-3-2-4-15(17)20(10-11-20)19(24)21-14-7-8-16-13(12-14)6-9-18(23)22-16/h2-5,7-8,12H,6,9-11H2,1H3,(H,21,24)(H,22,23). The summed E-state index contributed by atoms with van der Waals surface area (Å²) in [4.78, 5) is 24.4. The fraction of sp³-hybridized carbons (Fsp3) is 0.300. The van der Waals surface area contributed by atoms with Crippen molar-refractivity contribution in [3.63, 3.8) is 0 Å². The van der Waals surface area contributed by atoms with E-state index in [0.29, 0.717) is 12.8 Å². The third-order valence-electron chi connectivity index (χ3n) is 5.07. The van der Waals surface area contributed by atoms with Gasteiger partial charge in [0.1, 0.15) is 5.75 Å². The van der Waals surface area contributed by atoms with Crippen molar-refractivity contribution < 1.29 is 14.3 Å². The molecule has 2 N–H and O–H groups in total. The number of nitrogens with one attached hydrogen (secondary N) is 2. The van der Waals surface area contributed by atoms with E-state index in [1.165, 1.54) is 0 Å². The predicted molar refractivity (Wildman–Crippen MR) is 95.9 cm³/mol. The Hall–Kier alpha value is -2.82. The average Bonchev–Trinajstić information content (AvgIpc) is 3.44. The van der Waals surface area contributed by atoms with Crippen LogP contribution in [0.4, 0.5) is 11.4 Å². The minimum Gasteiger partial charge on any atom is -0.496 e. The molecule has 1 fully saturated rings. The Bertz CT molecular complexity index is 856. The van der Waals surface area contributed by atoms with Crippen molar-refractivity contribution in [1.29, 1.82) is 0 Å². The molecule has 1 aliphatic heterocycles. The lowest BCUT2D eigenvalue weighted by molar-refractivity contribution is -0.118. The molecular formula is C20H20N2O3. The van der Waals surface area contributed by atoms with Gasteiger partial charge in [-0.3, -0.25) is 9.59 Å². The van der Waals surface area contributed by atoms with Crippen LogP contribution in [-0.4, -0.2) is 18.9 Å². The zero-order valence-electron chi connectivity index (χ0n) is 14.1. The van der Waals surface area contributed by atoms with Crippen LogP contribution in [0.15, 0.2) is 42.5 Å². The number of carbonyl (C=O) groups is 2. The molecule has 0 bridgehead atoms. The molecule has 0 unspecified atom stereocenters. The minimum atomic E-state index is -0.503. The number of anilines is 2. The van der Waals surface area contributed by atoms with Crippen molar-refractivity contribution in [2.24, 2.45) is 0 Å². The van der Waals surface area contributed by atoms with Gasteiger partial charge in [-0.05, 0) is 49.1 Å². The van der Waals surface area contributed by atoms with Gasteiger partial charge < -0.3 is 15.4 Å². The summed E-state index contributed by atoms with van der Waals surface area (Å²) in [6.45, 7) is 0. The highest BCUT2D eigenvalue weighted by Gasteiger charge is 2.52. The van der Waals surface area contributed by atoms with Crippen LogP contribution in [0.1, 0.15) is 30.4 Å². The molecule has 128 valence electrons. The van der Waals surface area contributed by atoms with Crippen LogP contribution >= 0.6 is 0 Å². The second-order valence-corrected chi connectivity index (χ2v) is 6.66. The first-order valence-corrected chi connectivity index (χ1v) is 8.50. The van der Waals surface area contributed by atoms with Gasteiger partial charge in [0, 0.05) is 23.4 Å². The van der Waals surface area contributed by atoms with Crippen LogP contribution in [0.3, 0.4) is 0 Å². The lowest BCUT2D eigenvalue weighted by Crippen LogP contribution is -2.28.